The smallest absolute Gasteiger partial charge is 0.339 e. The molecule has 0 fully saturated rings. The first kappa shape index (κ1) is 17.4. The number of amides is 1. The molecule has 2 aromatic carbocycles. The van der Waals surface area contributed by atoms with Crippen LogP contribution in [0.1, 0.15) is 17.3 Å². The van der Waals surface area contributed by atoms with Crippen molar-refractivity contribution < 1.29 is 23.8 Å². The number of fused-ring (bicyclic) bond motifs is 1. The molecule has 1 atom stereocenters. The second-order valence-corrected chi connectivity index (χ2v) is 6.07. The van der Waals surface area contributed by atoms with Crippen LogP contribution in [0.3, 0.4) is 0 Å². The summed E-state index contributed by atoms with van der Waals surface area (Å²) in [7, 11) is 0. The minimum absolute atomic E-state index is 0.106. The van der Waals surface area contributed by atoms with Gasteiger partial charge in [0.25, 0.3) is 5.91 Å². The van der Waals surface area contributed by atoms with Gasteiger partial charge >= 0.3 is 5.97 Å². The molecule has 3 rings (SSSR count). The number of halogens is 2. The molecule has 0 saturated heterocycles. The molecule has 2 aromatic rings. The van der Waals surface area contributed by atoms with Crippen molar-refractivity contribution >= 4 is 40.8 Å². The predicted octanol–water partition coefficient (Wildman–Crippen LogP) is 3.91. The summed E-state index contributed by atoms with van der Waals surface area (Å²) >= 11 is 11.8. The molecule has 0 bridgehead atoms. The summed E-state index contributed by atoms with van der Waals surface area (Å²) in [6, 6.07) is 9.31. The summed E-state index contributed by atoms with van der Waals surface area (Å²) in [4.78, 5) is 24.4. The summed E-state index contributed by atoms with van der Waals surface area (Å²) in [6.45, 7) is 1.57. The van der Waals surface area contributed by atoms with Crippen LogP contribution in [0.5, 0.6) is 11.5 Å². The summed E-state index contributed by atoms with van der Waals surface area (Å²) < 4.78 is 15.6. The number of carbonyl (C=O) groups is 2. The predicted molar refractivity (Wildman–Crippen MR) is 92.5 cm³/mol. The van der Waals surface area contributed by atoms with E-state index in [4.69, 9.17) is 37.4 Å². The molecular formula is C17H13Cl2NO5. The van der Waals surface area contributed by atoms with Crippen molar-refractivity contribution in [1.82, 2.24) is 0 Å². The molecule has 1 amide bonds. The van der Waals surface area contributed by atoms with Gasteiger partial charge in [0, 0.05) is 5.02 Å². The van der Waals surface area contributed by atoms with Gasteiger partial charge in [-0.2, -0.15) is 0 Å². The fraction of sp³-hybridized carbons (Fsp3) is 0.176. The quantitative estimate of drug-likeness (QED) is 0.812. The van der Waals surface area contributed by atoms with Crippen molar-refractivity contribution in [2.24, 2.45) is 0 Å². The molecule has 0 saturated carbocycles. The Kier molecular flexibility index (Phi) is 5.01. The first-order valence-electron chi connectivity index (χ1n) is 7.30. The van der Waals surface area contributed by atoms with E-state index in [1.807, 2.05) is 0 Å². The Morgan fingerprint density at radius 3 is 2.64 bits per heavy atom. The zero-order valence-electron chi connectivity index (χ0n) is 13.0. The molecule has 1 aliphatic heterocycles. The van der Waals surface area contributed by atoms with Gasteiger partial charge in [-0.1, -0.05) is 23.2 Å². The molecule has 8 heteroatoms. The van der Waals surface area contributed by atoms with Crippen LogP contribution in [0.2, 0.25) is 10.0 Å². The Labute approximate surface area is 153 Å². The highest BCUT2D eigenvalue weighted by atomic mass is 35.5. The largest absolute Gasteiger partial charge is 0.454 e. The van der Waals surface area contributed by atoms with E-state index < -0.39 is 18.0 Å². The normalized spacial score (nSPS) is 13.2. The molecule has 0 radical (unpaired) electrons. The molecule has 25 heavy (non-hydrogen) atoms. The lowest BCUT2D eigenvalue weighted by Crippen LogP contribution is -2.30. The Balaban J connectivity index is 1.63. The molecule has 1 heterocycles. The molecule has 1 N–H and O–H groups in total. The molecule has 0 aliphatic carbocycles. The average Bonchev–Trinajstić information content (AvgIpc) is 3.04. The lowest BCUT2D eigenvalue weighted by atomic mass is 10.2. The van der Waals surface area contributed by atoms with E-state index in [9.17, 15) is 9.59 Å². The van der Waals surface area contributed by atoms with Crippen LogP contribution < -0.4 is 14.8 Å². The summed E-state index contributed by atoms with van der Waals surface area (Å²) in [5.41, 5.74) is 0.635. The molecule has 1 unspecified atom stereocenters. The van der Waals surface area contributed by atoms with Crippen molar-refractivity contribution in [3.63, 3.8) is 0 Å². The number of benzene rings is 2. The SMILES string of the molecule is CC(OC(=O)c1ccc2c(c1)OCO2)C(=O)Nc1ccc(Cl)cc1Cl. The number of anilines is 1. The van der Waals surface area contributed by atoms with Gasteiger partial charge in [0.15, 0.2) is 17.6 Å². The number of nitrogens with one attached hydrogen (secondary N) is 1. The first-order valence-corrected chi connectivity index (χ1v) is 8.06. The van der Waals surface area contributed by atoms with Gasteiger partial charge in [0.2, 0.25) is 6.79 Å². The van der Waals surface area contributed by atoms with Gasteiger partial charge in [-0.3, -0.25) is 4.79 Å². The maximum Gasteiger partial charge on any atom is 0.339 e. The van der Waals surface area contributed by atoms with Gasteiger partial charge in [-0.05, 0) is 43.3 Å². The number of hydrogen-bond donors (Lipinski definition) is 1. The maximum atomic E-state index is 12.2. The molecule has 130 valence electrons. The topological polar surface area (TPSA) is 73.9 Å². The lowest BCUT2D eigenvalue weighted by Gasteiger charge is -2.14. The second-order valence-electron chi connectivity index (χ2n) is 5.23. The number of ether oxygens (including phenoxy) is 3. The lowest BCUT2D eigenvalue weighted by molar-refractivity contribution is -0.123. The van der Waals surface area contributed by atoms with Crippen molar-refractivity contribution in [2.75, 3.05) is 12.1 Å². The van der Waals surface area contributed by atoms with Crippen LogP contribution in [0, 0.1) is 0 Å². The maximum absolute atomic E-state index is 12.2. The van der Waals surface area contributed by atoms with Crippen LogP contribution in [0.15, 0.2) is 36.4 Å². The van der Waals surface area contributed by atoms with Crippen molar-refractivity contribution in [1.29, 1.82) is 0 Å². The van der Waals surface area contributed by atoms with E-state index >= 15 is 0 Å². The van der Waals surface area contributed by atoms with Crippen molar-refractivity contribution in [2.45, 2.75) is 13.0 Å². The third kappa shape index (κ3) is 3.97. The fourth-order valence-electron chi connectivity index (χ4n) is 2.13. The van der Waals surface area contributed by atoms with E-state index in [-0.39, 0.29) is 17.4 Å². The molecule has 0 aromatic heterocycles. The molecule has 1 aliphatic rings. The van der Waals surface area contributed by atoms with Crippen LogP contribution in [0.4, 0.5) is 5.69 Å². The summed E-state index contributed by atoms with van der Waals surface area (Å²) in [5, 5.41) is 3.32. The van der Waals surface area contributed by atoms with Gasteiger partial charge in [-0.15, -0.1) is 0 Å². The Morgan fingerprint density at radius 2 is 1.88 bits per heavy atom. The van der Waals surface area contributed by atoms with E-state index in [2.05, 4.69) is 5.32 Å². The van der Waals surface area contributed by atoms with Crippen LogP contribution in [-0.4, -0.2) is 24.8 Å². The Morgan fingerprint density at radius 1 is 1.12 bits per heavy atom. The molecule has 6 nitrogen and oxygen atoms in total. The van der Waals surface area contributed by atoms with Gasteiger partial charge in [-0.25, -0.2) is 4.79 Å². The monoisotopic (exact) mass is 381 g/mol. The second kappa shape index (κ2) is 7.21. The van der Waals surface area contributed by atoms with Crippen LogP contribution in [-0.2, 0) is 9.53 Å². The number of rotatable bonds is 4. The third-order valence-electron chi connectivity index (χ3n) is 3.45. The molecule has 0 spiro atoms. The van der Waals surface area contributed by atoms with E-state index in [0.29, 0.717) is 22.2 Å². The Hall–Kier alpha value is -2.44. The fourth-order valence-corrected chi connectivity index (χ4v) is 2.59. The zero-order chi connectivity index (χ0) is 18.0. The van der Waals surface area contributed by atoms with Gasteiger partial charge < -0.3 is 19.5 Å². The number of hydrogen-bond acceptors (Lipinski definition) is 5. The average molecular weight is 382 g/mol. The molecular weight excluding hydrogens is 369 g/mol. The minimum atomic E-state index is -1.02. The third-order valence-corrected chi connectivity index (χ3v) is 4.00. The van der Waals surface area contributed by atoms with Crippen LogP contribution >= 0.6 is 23.2 Å². The highest BCUT2D eigenvalue weighted by Crippen LogP contribution is 2.32. The minimum Gasteiger partial charge on any atom is -0.454 e. The van der Waals surface area contributed by atoms with Crippen molar-refractivity contribution in [3.05, 3.63) is 52.0 Å². The first-order chi connectivity index (χ1) is 11.9. The van der Waals surface area contributed by atoms with E-state index in [1.54, 1.807) is 18.2 Å². The van der Waals surface area contributed by atoms with E-state index in [1.165, 1.54) is 25.1 Å². The summed E-state index contributed by atoms with van der Waals surface area (Å²) in [5.74, 6) is -0.152. The van der Waals surface area contributed by atoms with Crippen LogP contribution in [0.25, 0.3) is 0 Å². The van der Waals surface area contributed by atoms with Gasteiger partial charge in [0.1, 0.15) is 0 Å². The van der Waals surface area contributed by atoms with E-state index in [0.717, 1.165) is 0 Å². The highest BCUT2D eigenvalue weighted by molar-refractivity contribution is 6.36. The number of carbonyl (C=O) groups excluding carboxylic acids is 2. The highest BCUT2D eigenvalue weighted by Gasteiger charge is 2.22. The van der Waals surface area contributed by atoms with Gasteiger partial charge in [0.05, 0.1) is 16.3 Å². The number of esters is 1. The van der Waals surface area contributed by atoms with Crippen molar-refractivity contribution in [3.8, 4) is 11.5 Å². The Bertz CT molecular complexity index is 840. The standard InChI is InChI=1S/C17H13Cl2NO5/c1-9(16(21)20-13-4-3-11(18)7-12(13)19)25-17(22)10-2-5-14-15(6-10)24-8-23-14/h2-7,9H,8H2,1H3,(H,20,21). The zero-order valence-corrected chi connectivity index (χ0v) is 14.6. The summed E-state index contributed by atoms with van der Waals surface area (Å²) in [6.07, 6.45) is -1.02.